The lowest BCUT2D eigenvalue weighted by Gasteiger charge is -2.09. The van der Waals surface area contributed by atoms with E-state index in [-0.39, 0.29) is 0 Å². The van der Waals surface area contributed by atoms with Gasteiger partial charge in [0.25, 0.3) is 0 Å². The monoisotopic (exact) mass is 216 g/mol. The molecule has 0 fully saturated rings. The molecule has 14 heavy (non-hydrogen) atoms. The summed E-state index contributed by atoms with van der Waals surface area (Å²) in [5.74, 6) is 0. The fourth-order valence-corrected chi connectivity index (χ4v) is 2.52. The molecule has 1 aromatic heterocycles. The highest BCUT2D eigenvalue weighted by atomic mass is 31.2. The summed E-state index contributed by atoms with van der Waals surface area (Å²) in [6.45, 7) is 4.29. The van der Waals surface area contributed by atoms with Gasteiger partial charge in [-0.2, -0.15) is 4.57 Å². The van der Waals surface area contributed by atoms with Crippen molar-refractivity contribution in [3.05, 3.63) is 30.6 Å². The van der Waals surface area contributed by atoms with Crippen molar-refractivity contribution in [3.63, 3.8) is 0 Å². The zero-order valence-electron chi connectivity index (χ0n) is 8.42. The van der Waals surface area contributed by atoms with Gasteiger partial charge in [-0.05, 0) is 13.8 Å². The average molecular weight is 216 g/mol. The highest BCUT2D eigenvalue weighted by molar-refractivity contribution is 7.46. The molecule has 0 atom stereocenters. The number of aromatic nitrogens is 1. The zero-order valence-corrected chi connectivity index (χ0v) is 9.31. The van der Waals surface area contributed by atoms with E-state index < -0.39 is 7.75 Å². The van der Waals surface area contributed by atoms with Gasteiger partial charge in [0, 0.05) is 12.1 Å². The van der Waals surface area contributed by atoms with Crippen molar-refractivity contribution < 1.29 is 18.0 Å². The number of hydrogen-bond donors (Lipinski definition) is 0. The van der Waals surface area contributed by atoms with E-state index in [1.165, 1.54) is 4.34 Å². The van der Waals surface area contributed by atoms with Crippen molar-refractivity contribution in [2.45, 2.75) is 13.8 Å². The fourth-order valence-electron chi connectivity index (χ4n) is 1.05. The molecule has 0 radical (unpaired) electrons. The van der Waals surface area contributed by atoms with Crippen molar-refractivity contribution in [1.29, 1.82) is 0 Å². The Morgan fingerprint density at radius 2 is 1.57 bits per heavy atom. The van der Waals surface area contributed by atoms with Crippen molar-refractivity contribution in [1.82, 2.24) is 0 Å². The molecule has 1 rings (SSSR count). The molecule has 0 aromatic carbocycles. The lowest BCUT2D eigenvalue weighted by molar-refractivity contribution is -0.541. The molecule has 78 valence electrons. The van der Waals surface area contributed by atoms with Crippen LogP contribution in [-0.4, -0.2) is 13.2 Å². The first kappa shape index (κ1) is 11.4. The van der Waals surface area contributed by atoms with Crippen LogP contribution in [0.15, 0.2) is 30.6 Å². The smallest absolute Gasteiger partial charge is 0.255 e. The molecular weight excluding hydrogens is 201 g/mol. The van der Waals surface area contributed by atoms with E-state index in [1.54, 1.807) is 38.4 Å². The van der Waals surface area contributed by atoms with Gasteiger partial charge in [0.05, 0.1) is 13.2 Å². The number of rotatable bonds is 5. The highest BCUT2D eigenvalue weighted by Crippen LogP contribution is 2.41. The van der Waals surface area contributed by atoms with Gasteiger partial charge in [-0.3, -0.25) is 9.05 Å². The van der Waals surface area contributed by atoms with Crippen molar-refractivity contribution in [3.8, 4) is 0 Å². The molecule has 0 spiro atoms. The molecule has 0 saturated heterocycles. The Balaban J connectivity index is 2.94. The SMILES string of the molecule is CCOP(=O)(OCC)[n+]1ccccc1. The van der Waals surface area contributed by atoms with Gasteiger partial charge >= 0.3 is 7.75 Å². The summed E-state index contributed by atoms with van der Waals surface area (Å²) in [7, 11) is -3.16. The van der Waals surface area contributed by atoms with Crippen LogP contribution in [0.5, 0.6) is 0 Å². The van der Waals surface area contributed by atoms with E-state index in [1.807, 2.05) is 6.07 Å². The van der Waals surface area contributed by atoms with E-state index in [2.05, 4.69) is 0 Å². The van der Waals surface area contributed by atoms with Crippen LogP contribution >= 0.6 is 7.75 Å². The quantitative estimate of drug-likeness (QED) is 0.707. The second kappa shape index (κ2) is 5.25. The maximum atomic E-state index is 12.1. The van der Waals surface area contributed by atoms with Gasteiger partial charge in [-0.25, -0.2) is 0 Å². The van der Waals surface area contributed by atoms with Crippen molar-refractivity contribution in [2.24, 2.45) is 0 Å². The minimum atomic E-state index is -3.16. The maximum absolute atomic E-state index is 12.1. The largest absolute Gasteiger partial charge is 0.612 e. The van der Waals surface area contributed by atoms with Crippen LogP contribution in [0.3, 0.4) is 0 Å². The van der Waals surface area contributed by atoms with Crippen LogP contribution in [0.25, 0.3) is 0 Å². The molecule has 1 heterocycles. The summed E-state index contributed by atoms with van der Waals surface area (Å²) >= 11 is 0. The second-order valence-electron chi connectivity index (χ2n) is 2.56. The van der Waals surface area contributed by atoms with Crippen molar-refractivity contribution in [2.75, 3.05) is 13.2 Å². The Bertz CT molecular complexity index is 305. The lowest BCUT2D eigenvalue weighted by atomic mass is 10.5. The Kier molecular flexibility index (Phi) is 4.26. The molecule has 0 aliphatic heterocycles. The van der Waals surface area contributed by atoms with Gasteiger partial charge in [0.1, 0.15) is 0 Å². The predicted octanol–water partition coefficient (Wildman–Crippen LogP) is 2.00. The minimum absolute atomic E-state index is 0.360. The standard InChI is InChI=1S/C9H15NO3P/c1-3-12-14(11,13-4-2)10-8-6-5-7-9-10/h5-9H,3-4H2,1-2H3/q+1. The summed E-state index contributed by atoms with van der Waals surface area (Å²) in [4.78, 5) is 0. The summed E-state index contributed by atoms with van der Waals surface area (Å²) in [6.07, 6.45) is 3.35. The first-order chi connectivity index (χ1) is 6.73. The third kappa shape index (κ3) is 2.64. The van der Waals surface area contributed by atoms with Crippen LogP contribution in [0.2, 0.25) is 0 Å². The average Bonchev–Trinajstić information content (AvgIpc) is 2.20. The maximum Gasteiger partial charge on any atom is 0.612 e. The molecule has 5 heteroatoms. The van der Waals surface area contributed by atoms with Gasteiger partial charge in [-0.15, -0.1) is 4.34 Å². The van der Waals surface area contributed by atoms with Crippen LogP contribution in [0, 0.1) is 0 Å². The van der Waals surface area contributed by atoms with Crippen molar-refractivity contribution >= 4 is 7.75 Å². The molecule has 0 amide bonds. The normalized spacial score (nSPS) is 11.6. The van der Waals surface area contributed by atoms with Crippen LogP contribution in [0.1, 0.15) is 13.8 Å². The molecule has 1 aromatic rings. The predicted molar refractivity (Wildman–Crippen MR) is 52.9 cm³/mol. The first-order valence-corrected chi connectivity index (χ1v) is 6.08. The summed E-state index contributed by atoms with van der Waals surface area (Å²) in [5, 5.41) is 0. The van der Waals surface area contributed by atoms with E-state index in [0.29, 0.717) is 13.2 Å². The lowest BCUT2D eigenvalue weighted by Crippen LogP contribution is -2.32. The molecule has 0 aliphatic carbocycles. The summed E-state index contributed by atoms with van der Waals surface area (Å²) in [5.41, 5.74) is 0. The second-order valence-corrected chi connectivity index (χ2v) is 4.47. The third-order valence-electron chi connectivity index (χ3n) is 1.57. The van der Waals surface area contributed by atoms with E-state index in [4.69, 9.17) is 9.05 Å². The first-order valence-electron chi connectivity index (χ1n) is 4.59. The molecular formula is C9H15NO3P+. The van der Waals surface area contributed by atoms with Gasteiger partial charge in [0.2, 0.25) is 0 Å². The summed E-state index contributed by atoms with van der Waals surface area (Å²) < 4.78 is 23.9. The van der Waals surface area contributed by atoms with Gasteiger partial charge in [-0.1, -0.05) is 6.07 Å². The molecule has 0 aliphatic rings. The van der Waals surface area contributed by atoms with E-state index in [0.717, 1.165) is 0 Å². The molecule has 0 bridgehead atoms. The Morgan fingerprint density at radius 1 is 1.07 bits per heavy atom. The Morgan fingerprint density at radius 3 is 2.00 bits per heavy atom. The summed E-state index contributed by atoms with van der Waals surface area (Å²) in [6, 6.07) is 5.41. The molecule has 4 nitrogen and oxygen atoms in total. The molecule has 0 saturated carbocycles. The van der Waals surface area contributed by atoms with Crippen LogP contribution in [0.4, 0.5) is 0 Å². The van der Waals surface area contributed by atoms with Crippen LogP contribution in [-0.2, 0) is 13.6 Å². The third-order valence-corrected chi connectivity index (χ3v) is 3.57. The van der Waals surface area contributed by atoms with Gasteiger partial charge < -0.3 is 0 Å². The van der Waals surface area contributed by atoms with E-state index in [9.17, 15) is 4.57 Å². The topological polar surface area (TPSA) is 39.4 Å². The van der Waals surface area contributed by atoms with Gasteiger partial charge in [0.15, 0.2) is 12.4 Å². The fraction of sp³-hybridized carbons (Fsp3) is 0.444. The Labute approximate surface area is 84.1 Å². The number of pyridine rings is 1. The molecule has 0 N–H and O–H groups in total. The highest BCUT2D eigenvalue weighted by Gasteiger charge is 2.36. The number of nitrogens with zero attached hydrogens (tertiary/aromatic N) is 1. The number of hydrogen-bond acceptors (Lipinski definition) is 3. The van der Waals surface area contributed by atoms with E-state index >= 15 is 0 Å². The minimum Gasteiger partial charge on any atom is -0.255 e. The van der Waals surface area contributed by atoms with Crippen LogP contribution < -0.4 is 4.34 Å². The molecule has 0 unspecified atom stereocenters. The Hall–Kier alpha value is -0.700. The zero-order chi connectivity index (χ0) is 10.4.